The maximum Gasteiger partial charge on any atom is 0.260 e. The van der Waals surface area contributed by atoms with Gasteiger partial charge in [0, 0.05) is 16.8 Å². The lowest BCUT2D eigenvalue weighted by atomic mass is 10.0. The summed E-state index contributed by atoms with van der Waals surface area (Å²) >= 11 is 7.52. The molecule has 0 saturated carbocycles. The Hall–Kier alpha value is -3.07. The van der Waals surface area contributed by atoms with E-state index in [1.807, 2.05) is 35.0 Å². The van der Waals surface area contributed by atoms with Crippen molar-refractivity contribution in [1.82, 2.24) is 19.4 Å². The molecule has 33 heavy (non-hydrogen) atoms. The maximum absolute atomic E-state index is 11.6. The molecule has 1 amide bonds. The van der Waals surface area contributed by atoms with Crippen LogP contribution in [0.3, 0.4) is 0 Å². The number of rotatable bonds is 5. The fourth-order valence-corrected chi connectivity index (χ4v) is 5.01. The minimum absolute atomic E-state index is 0.327. The van der Waals surface area contributed by atoms with Crippen molar-refractivity contribution in [3.8, 4) is 16.3 Å². The number of piperidine rings is 1. The molecule has 7 nitrogen and oxygen atoms in total. The van der Waals surface area contributed by atoms with Gasteiger partial charge in [0.15, 0.2) is 5.13 Å². The fourth-order valence-electron chi connectivity index (χ4n) is 4.07. The number of imidazole rings is 1. The first-order chi connectivity index (χ1) is 16.0. The van der Waals surface area contributed by atoms with Crippen LogP contribution in [0.15, 0.2) is 53.9 Å². The van der Waals surface area contributed by atoms with Gasteiger partial charge in [-0.15, -0.1) is 0 Å². The molecule has 0 unspecified atom stereocenters. The molecule has 3 heterocycles. The van der Waals surface area contributed by atoms with Gasteiger partial charge in [-0.1, -0.05) is 35.1 Å². The number of aromatic nitrogens is 3. The summed E-state index contributed by atoms with van der Waals surface area (Å²) in [6.07, 6.45) is 7.29. The molecule has 1 aliphatic heterocycles. The van der Waals surface area contributed by atoms with Crippen LogP contribution in [0.2, 0.25) is 5.02 Å². The highest BCUT2D eigenvalue weighted by atomic mass is 35.5. The van der Waals surface area contributed by atoms with Crippen LogP contribution < -0.4 is 5.73 Å². The zero-order chi connectivity index (χ0) is 22.9. The van der Waals surface area contributed by atoms with Gasteiger partial charge in [0.25, 0.3) is 5.91 Å². The number of primary amides is 1. The van der Waals surface area contributed by atoms with Gasteiger partial charge in [0.05, 0.1) is 23.3 Å². The van der Waals surface area contributed by atoms with Gasteiger partial charge in [-0.05, 0) is 68.4 Å². The molecule has 2 aromatic heterocycles. The predicted molar refractivity (Wildman–Crippen MR) is 134 cm³/mol. The Kier molecular flexibility index (Phi) is 5.97. The van der Waals surface area contributed by atoms with E-state index in [-0.39, 0.29) is 0 Å². The Balaban J connectivity index is 1.61. The van der Waals surface area contributed by atoms with Crippen molar-refractivity contribution in [2.45, 2.75) is 18.9 Å². The minimum atomic E-state index is -0.492. The quantitative estimate of drug-likeness (QED) is 0.430. The van der Waals surface area contributed by atoms with Gasteiger partial charge >= 0.3 is 0 Å². The van der Waals surface area contributed by atoms with Crippen molar-refractivity contribution in [3.05, 3.63) is 64.4 Å². The summed E-state index contributed by atoms with van der Waals surface area (Å²) in [7, 11) is 2.15. The molecule has 1 saturated heterocycles. The molecule has 2 aromatic carbocycles. The summed E-state index contributed by atoms with van der Waals surface area (Å²) in [5.41, 5.74) is 10.0. The molecular formula is C24H23ClN6OS. The van der Waals surface area contributed by atoms with Gasteiger partial charge in [-0.2, -0.15) is 0 Å². The number of nitrogens with zero attached hydrogens (tertiary/aromatic N) is 5. The number of carbonyl (C=O) groups excluding carboxylic acids is 1. The van der Waals surface area contributed by atoms with Crippen LogP contribution in [0.1, 0.15) is 28.1 Å². The van der Waals surface area contributed by atoms with E-state index in [9.17, 15) is 4.79 Å². The number of nitrogens with two attached hydrogens (primary N) is 1. The van der Waals surface area contributed by atoms with Crippen molar-refractivity contribution in [2.75, 3.05) is 20.1 Å². The van der Waals surface area contributed by atoms with Crippen LogP contribution in [-0.4, -0.2) is 57.7 Å². The summed E-state index contributed by atoms with van der Waals surface area (Å²) in [6, 6.07) is 12.2. The zero-order valence-corrected chi connectivity index (χ0v) is 19.7. The van der Waals surface area contributed by atoms with E-state index >= 15 is 0 Å². The van der Waals surface area contributed by atoms with Gasteiger partial charge < -0.3 is 10.6 Å². The van der Waals surface area contributed by atoms with Crippen molar-refractivity contribution >= 4 is 46.1 Å². The number of hydrogen-bond donors (Lipinski definition) is 1. The summed E-state index contributed by atoms with van der Waals surface area (Å²) in [4.78, 5) is 28.2. The smallest absolute Gasteiger partial charge is 0.260 e. The first-order valence-electron chi connectivity index (χ1n) is 10.7. The first kappa shape index (κ1) is 21.8. The number of halogens is 1. The Morgan fingerprint density at radius 2 is 2.06 bits per heavy atom. The van der Waals surface area contributed by atoms with Crippen molar-refractivity contribution in [2.24, 2.45) is 10.7 Å². The largest absolute Gasteiger partial charge is 0.365 e. The van der Waals surface area contributed by atoms with E-state index in [2.05, 4.69) is 34.0 Å². The molecule has 0 aliphatic carbocycles. The number of benzene rings is 2. The SMILES string of the molecule is CN1CCC(N=Cc2cc(-c3cccc(Cl)c3)c3ncn(-c4ncc(C(N)=O)s4)c3c2)CC1. The predicted octanol–water partition coefficient (Wildman–Crippen LogP) is 4.41. The van der Waals surface area contributed by atoms with E-state index in [0.717, 1.165) is 53.7 Å². The Morgan fingerprint density at radius 3 is 2.79 bits per heavy atom. The molecule has 0 atom stereocenters. The van der Waals surface area contributed by atoms with E-state index in [1.165, 1.54) is 17.5 Å². The lowest BCUT2D eigenvalue weighted by molar-refractivity contribution is 0.100. The molecule has 168 valence electrons. The van der Waals surface area contributed by atoms with Gasteiger partial charge in [0.2, 0.25) is 0 Å². The van der Waals surface area contributed by atoms with Crippen LogP contribution >= 0.6 is 22.9 Å². The molecule has 0 spiro atoms. The van der Waals surface area contributed by atoms with Crippen LogP contribution in [0.4, 0.5) is 0 Å². The third-order valence-electron chi connectivity index (χ3n) is 5.87. The highest BCUT2D eigenvalue weighted by Gasteiger charge is 2.17. The fraction of sp³-hybridized carbons (Fsp3) is 0.250. The number of likely N-dealkylation sites (tertiary alicyclic amines) is 1. The van der Waals surface area contributed by atoms with Gasteiger partial charge in [-0.3, -0.25) is 14.4 Å². The van der Waals surface area contributed by atoms with Crippen LogP contribution in [-0.2, 0) is 0 Å². The summed E-state index contributed by atoms with van der Waals surface area (Å²) < 4.78 is 1.88. The summed E-state index contributed by atoms with van der Waals surface area (Å²) in [5, 5.41) is 1.30. The third kappa shape index (κ3) is 4.55. The first-order valence-corrected chi connectivity index (χ1v) is 11.9. The van der Waals surface area contributed by atoms with E-state index in [4.69, 9.17) is 22.3 Å². The molecule has 0 radical (unpaired) electrons. The Labute approximate surface area is 200 Å². The standard InChI is InChI=1S/C24H23ClN6OS/c1-30-7-5-18(6-8-30)27-12-15-9-19(16-3-2-4-17(25)11-16)22-20(10-15)31(14-29-22)24-28-13-21(33-24)23(26)32/h2-4,9-14,18H,5-8H2,1H3,(H2,26,32). The monoisotopic (exact) mass is 478 g/mol. The summed E-state index contributed by atoms with van der Waals surface area (Å²) in [6.45, 7) is 2.13. The maximum atomic E-state index is 11.6. The number of hydrogen-bond acceptors (Lipinski definition) is 6. The highest BCUT2D eigenvalue weighted by molar-refractivity contribution is 7.16. The second-order valence-electron chi connectivity index (χ2n) is 8.25. The molecule has 0 bridgehead atoms. The van der Waals surface area contributed by atoms with Crippen LogP contribution in [0.5, 0.6) is 0 Å². The number of fused-ring (bicyclic) bond motifs is 1. The normalized spacial score (nSPS) is 15.6. The van der Waals surface area contributed by atoms with E-state index in [0.29, 0.717) is 21.1 Å². The van der Waals surface area contributed by atoms with Crippen molar-refractivity contribution in [3.63, 3.8) is 0 Å². The van der Waals surface area contributed by atoms with Crippen LogP contribution in [0.25, 0.3) is 27.3 Å². The van der Waals surface area contributed by atoms with Crippen molar-refractivity contribution in [1.29, 1.82) is 0 Å². The second-order valence-corrected chi connectivity index (χ2v) is 9.69. The topological polar surface area (TPSA) is 89.4 Å². The highest BCUT2D eigenvalue weighted by Crippen LogP contribution is 2.32. The van der Waals surface area contributed by atoms with E-state index in [1.54, 1.807) is 6.33 Å². The number of amides is 1. The molecule has 9 heteroatoms. The lowest BCUT2D eigenvalue weighted by Crippen LogP contribution is -2.32. The Morgan fingerprint density at radius 1 is 1.24 bits per heavy atom. The minimum Gasteiger partial charge on any atom is -0.365 e. The molecular weight excluding hydrogens is 456 g/mol. The van der Waals surface area contributed by atoms with Gasteiger partial charge in [0.1, 0.15) is 11.2 Å². The molecule has 4 aromatic rings. The van der Waals surface area contributed by atoms with Gasteiger partial charge in [-0.25, -0.2) is 9.97 Å². The summed E-state index contributed by atoms with van der Waals surface area (Å²) in [5.74, 6) is -0.492. The van der Waals surface area contributed by atoms with Crippen molar-refractivity contribution < 1.29 is 4.79 Å². The number of carbonyl (C=O) groups is 1. The average molecular weight is 479 g/mol. The average Bonchev–Trinajstić information content (AvgIpc) is 3.45. The second kappa shape index (κ2) is 9.05. The molecule has 2 N–H and O–H groups in total. The third-order valence-corrected chi connectivity index (χ3v) is 7.12. The lowest BCUT2D eigenvalue weighted by Gasteiger charge is -2.26. The number of thiazole rings is 1. The molecule has 1 fully saturated rings. The zero-order valence-electron chi connectivity index (χ0n) is 18.1. The molecule has 1 aliphatic rings. The number of aliphatic imine (C=N–C) groups is 1. The Bertz CT molecular complexity index is 1350. The van der Waals surface area contributed by atoms with E-state index < -0.39 is 5.91 Å². The van der Waals surface area contributed by atoms with Crippen LogP contribution in [0, 0.1) is 0 Å². The molecule has 5 rings (SSSR count).